The molecule has 1 rings (SSSR count). The summed E-state index contributed by atoms with van der Waals surface area (Å²) in [5.41, 5.74) is -0.330. The molecule has 0 saturated heterocycles. The van der Waals surface area contributed by atoms with Gasteiger partial charge in [0.2, 0.25) is 0 Å². The SMILES string of the molecule is COC(=O)c1cc(Cl)cn1N(S(C)(=O)=O)S(C)(=O)=O. The monoisotopic (exact) mass is 330 g/mol. The van der Waals surface area contributed by atoms with Crippen molar-refractivity contribution in [2.75, 3.05) is 23.4 Å². The standard InChI is InChI=1S/C8H11ClN2O6S2/c1-17-8(12)7-4-6(9)5-10(7)11(18(2,13)14)19(3,15)16/h4-5H,1-3H3. The van der Waals surface area contributed by atoms with Crippen LogP contribution in [0.2, 0.25) is 5.02 Å². The molecule has 8 nitrogen and oxygen atoms in total. The van der Waals surface area contributed by atoms with Gasteiger partial charge in [0.25, 0.3) is 20.0 Å². The first-order valence-corrected chi connectivity index (χ1v) is 8.73. The predicted octanol–water partition coefficient (Wildman–Crippen LogP) is -0.215. The molecular weight excluding hydrogens is 320 g/mol. The summed E-state index contributed by atoms with van der Waals surface area (Å²) in [6.07, 6.45) is 2.35. The average Bonchev–Trinajstić information content (AvgIpc) is 2.54. The van der Waals surface area contributed by atoms with Gasteiger partial charge >= 0.3 is 5.97 Å². The van der Waals surface area contributed by atoms with Crippen LogP contribution in [0.25, 0.3) is 0 Å². The molecule has 11 heteroatoms. The van der Waals surface area contributed by atoms with Crippen LogP contribution >= 0.6 is 11.6 Å². The zero-order chi connectivity index (χ0) is 15.0. The Kier molecular flexibility index (Phi) is 4.17. The van der Waals surface area contributed by atoms with Crippen LogP contribution in [0.15, 0.2) is 12.3 Å². The summed E-state index contributed by atoms with van der Waals surface area (Å²) in [6, 6.07) is 1.09. The molecule has 0 fully saturated rings. The molecule has 0 bridgehead atoms. The van der Waals surface area contributed by atoms with E-state index >= 15 is 0 Å². The fourth-order valence-corrected chi connectivity index (χ4v) is 4.45. The van der Waals surface area contributed by atoms with Crippen LogP contribution in [0.1, 0.15) is 10.5 Å². The first-order valence-electron chi connectivity index (χ1n) is 4.65. The number of ether oxygens (including phenoxy) is 1. The van der Waals surface area contributed by atoms with Crippen molar-refractivity contribution < 1.29 is 26.4 Å². The topological polar surface area (TPSA) is 103 Å². The molecule has 0 aromatic carbocycles. The number of methoxy groups -OCH3 is 1. The Balaban J connectivity index is 3.63. The highest BCUT2D eigenvalue weighted by atomic mass is 35.5. The van der Waals surface area contributed by atoms with Crippen LogP contribution in [0, 0.1) is 0 Å². The summed E-state index contributed by atoms with van der Waals surface area (Å²) >= 11 is 5.67. The molecule has 108 valence electrons. The van der Waals surface area contributed by atoms with E-state index in [9.17, 15) is 21.6 Å². The zero-order valence-electron chi connectivity index (χ0n) is 10.2. The molecule has 0 amide bonds. The molecule has 1 aromatic heterocycles. The van der Waals surface area contributed by atoms with Gasteiger partial charge in [-0.3, -0.25) is 0 Å². The highest BCUT2D eigenvalue weighted by molar-refractivity contribution is 8.09. The lowest BCUT2D eigenvalue weighted by Crippen LogP contribution is -2.44. The maximum absolute atomic E-state index is 11.6. The average molecular weight is 331 g/mol. The van der Waals surface area contributed by atoms with E-state index in [4.69, 9.17) is 11.6 Å². The van der Waals surface area contributed by atoms with Gasteiger partial charge in [-0.15, -0.1) is 0 Å². The van der Waals surface area contributed by atoms with E-state index < -0.39 is 26.0 Å². The number of hydrogen-bond acceptors (Lipinski definition) is 6. The number of esters is 1. The minimum Gasteiger partial charge on any atom is -0.464 e. The Hall–Kier alpha value is -1.26. The van der Waals surface area contributed by atoms with Crippen LogP contribution in [-0.4, -0.2) is 47.1 Å². The summed E-state index contributed by atoms with van der Waals surface area (Å²) in [5, 5.41) is -0.0160. The highest BCUT2D eigenvalue weighted by Gasteiger charge is 2.31. The van der Waals surface area contributed by atoms with Gasteiger partial charge in [0.1, 0.15) is 0 Å². The van der Waals surface area contributed by atoms with Gasteiger partial charge in [0.05, 0.1) is 24.6 Å². The number of carbonyl (C=O) groups is 1. The number of nitrogens with zero attached hydrogens (tertiary/aromatic N) is 2. The fraction of sp³-hybridized carbons (Fsp3) is 0.375. The smallest absolute Gasteiger partial charge is 0.356 e. The van der Waals surface area contributed by atoms with Crippen LogP contribution < -0.4 is 3.82 Å². The van der Waals surface area contributed by atoms with Crippen LogP contribution in [0.3, 0.4) is 0 Å². The molecule has 1 aromatic rings. The predicted molar refractivity (Wildman–Crippen MR) is 68.7 cm³/mol. The lowest BCUT2D eigenvalue weighted by atomic mass is 10.4. The maximum atomic E-state index is 11.6. The van der Waals surface area contributed by atoms with Gasteiger partial charge in [-0.05, 0) is 6.07 Å². The van der Waals surface area contributed by atoms with Crippen LogP contribution in [-0.2, 0) is 24.8 Å². The van der Waals surface area contributed by atoms with E-state index in [1.807, 2.05) is 0 Å². The second-order valence-corrected chi connectivity index (χ2v) is 7.87. The van der Waals surface area contributed by atoms with Crippen molar-refractivity contribution >= 4 is 37.6 Å². The molecule has 0 aliphatic heterocycles. The highest BCUT2D eigenvalue weighted by Crippen LogP contribution is 2.18. The second kappa shape index (κ2) is 5.02. The van der Waals surface area contributed by atoms with E-state index in [1.165, 1.54) is 0 Å². The summed E-state index contributed by atoms with van der Waals surface area (Å²) in [4.78, 5) is 11.5. The van der Waals surface area contributed by atoms with Crippen molar-refractivity contribution in [2.45, 2.75) is 0 Å². The van der Waals surface area contributed by atoms with Gasteiger partial charge in [-0.1, -0.05) is 15.4 Å². The first-order chi connectivity index (χ1) is 8.48. The molecule has 0 N–H and O–H groups in total. The lowest BCUT2D eigenvalue weighted by molar-refractivity contribution is 0.0590. The maximum Gasteiger partial charge on any atom is 0.356 e. The van der Waals surface area contributed by atoms with Gasteiger partial charge in [-0.2, -0.15) is 0 Å². The van der Waals surface area contributed by atoms with Gasteiger partial charge in [0.15, 0.2) is 5.69 Å². The van der Waals surface area contributed by atoms with Crippen molar-refractivity contribution in [2.24, 2.45) is 0 Å². The molecule has 0 aliphatic carbocycles. The number of sulfonamides is 2. The minimum absolute atomic E-state index is 0.0160. The summed E-state index contributed by atoms with van der Waals surface area (Å²) in [7, 11) is -7.30. The molecule has 0 aliphatic rings. The number of carbonyl (C=O) groups excluding carboxylic acids is 1. The molecule has 0 radical (unpaired) electrons. The number of aromatic nitrogens is 1. The Morgan fingerprint density at radius 2 is 1.74 bits per heavy atom. The molecular formula is C8H11ClN2O6S2. The van der Waals surface area contributed by atoms with Crippen LogP contribution in [0.4, 0.5) is 0 Å². The Morgan fingerprint density at radius 3 is 2.11 bits per heavy atom. The molecule has 0 unspecified atom stereocenters. The largest absolute Gasteiger partial charge is 0.464 e. The molecule has 0 spiro atoms. The normalized spacial score (nSPS) is 12.2. The quantitative estimate of drug-likeness (QED) is 0.707. The molecule has 1 heterocycles. The van der Waals surface area contributed by atoms with E-state index in [0.29, 0.717) is 17.2 Å². The van der Waals surface area contributed by atoms with E-state index in [-0.39, 0.29) is 14.5 Å². The Bertz CT molecular complexity index is 674. The van der Waals surface area contributed by atoms with E-state index in [0.717, 1.165) is 19.4 Å². The van der Waals surface area contributed by atoms with E-state index in [2.05, 4.69) is 4.74 Å². The van der Waals surface area contributed by atoms with Crippen molar-refractivity contribution in [3.05, 3.63) is 23.0 Å². The Morgan fingerprint density at radius 1 is 1.26 bits per heavy atom. The van der Waals surface area contributed by atoms with Crippen molar-refractivity contribution in [3.63, 3.8) is 0 Å². The van der Waals surface area contributed by atoms with Crippen LogP contribution in [0.5, 0.6) is 0 Å². The van der Waals surface area contributed by atoms with Crippen molar-refractivity contribution in [3.8, 4) is 0 Å². The van der Waals surface area contributed by atoms with Crippen molar-refractivity contribution in [1.82, 2.24) is 4.68 Å². The third-order valence-electron chi connectivity index (χ3n) is 1.90. The summed E-state index contributed by atoms with van der Waals surface area (Å²) < 4.78 is 51.4. The molecule has 0 saturated carbocycles. The first kappa shape index (κ1) is 15.8. The minimum atomic E-state index is -4.18. The number of rotatable bonds is 4. The number of hydrogen-bond donors (Lipinski definition) is 0. The lowest BCUT2D eigenvalue weighted by Gasteiger charge is -2.22. The molecule has 0 atom stereocenters. The number of halogens is 1. The summed E-state index contributed by atoms with van der Waals surface area (Å²) in [5.74, 6) is -0.927. The third kappa shape index (κ3) is 3.39. The van der Waals surface area contributed by atoms with Crippen molar-refractivity contribution in [1.29, 1.82) is 0 Å². The van der Waals surface area contributed by atoms with Gasteiger partial charge < -0.3 is 4.74 Å². The Labute approximate surface area is 115 Å². The zero-order valence-corrected chi connectivity index (χ0v) is 12.6. The molecule has 19 heavy (non-hydrogen) atoms. The summed E-state index contributed by atoms with van der Waals surface area (Å²) in [6.45, 7) is 0. The third-order valence-corrected chi connectivity index (χ3v) is 5.22. The van der Waals surface area contributed by atoms with E-state index in [1.54, 1.807) is 0 Å². The fourth-order valence-electron chi connectivity index (χ4n) is 1.38. The van der Waals surface area contributed by atoms with Gasteiger partial charge in [-0.25, -0.2) is 26.3 Å². The van der Waals surface area contributed by atoms with Gasteiger partial charge in [0, 0.05) is 6.20 Å². The second-order valence-electron chi connectivity index (χ2n) is 3.58.